The van der Waals surface area contributed by atoms with Crippen LogP contribution in [0.25, 0.3) is 0 Å². The van der Waals surface area contributed by atoms with Crippen LogP contribution < -0.4 is 0 Å². The van der Waals surface area contributed by atoms with Crippen molar-refractivity contribution in [3.05, 3.63) is 23.5 Å². The van der Waals surface area contributed by atoms with Crippen molar-refractivity contribution in [2.45, 2.75) is 12.5 Å². The lowest BCUT2D eigenvalue weighted by atomic mass is 10.0. The van der Waals surface area contributed by atoms with Crippen molar-refractivity contribution in [1.82, 2.24) is 0 Å². The lowest BCUT2D eigenvalue weighted by Crippen LogP contribution is -2.15. The van der Waals surface area contributed by atoms with Crippen molar-refractivity contribution in [3.63, 3.8) is 0 Å². The Hall–Kier alpha value is -2.25. The van der Waals surface area contributed by atoms with Gasteiger partial charge >= 0.3 is 0 Å². The molecule has 62 valence electrons. The van der Waals surface area contributed by atoms with E-state index in [-0.39, 0.29) is 5.57 Å². The number of hydrogen-bond acceptors (Lipinski definition) is 4. The van der Waals surface area contributed by atoms with Crippen LogP contribution in [0.1, 0.15) is 6.42 Å². The molecule has 1 aliphatic rings. The van der Waals surface area contributed by atoms with E-state index in [1.165, 1.54) is 6.26 Å². The van der Waals surface area contributed by atoms with Gasteiger partial charge in [-0.3, -0.25) is 0 Å². The summed E-state index contributed by atoms with van der Waals surface area (Å²) in [5.41, 5.74) is 0.408. The topological polar surface area (TPSA) is 80.6 Å². The largest absolute Gasteiger partial charge is 0.479 e. The molecule has 1 unspecified atom stereocenters. The molecule has 4 heteroatoms. The maximum atomic E-state index is 8.64. The zero-order valence-corrected chi connectivity index (χ0v) is 6.69. The maximum absolute atomic E-state index is 8.64. The van der Waals surface area contributed by atoms with Crippen molar-refractivity contribution in [2.75, 3.05) is 0 Å². The van der Waals surface area contributed by atoms with Crippen LogP contribution in [0.5, 0.6) is 0 Å². The first-order valence-corrected chi connectivity index (χ1v) is 3.56. The molecule has 0 radical (unpaired) electrons. The van der Waals surface area contributed by atoms with E-state index in [2.05, 4.69) is 0 Å². The zero-order chi connectivity index (χ0) is 9.68. The predicted molar refractivity (Wildman–Crippen MR) is 42.5 cm³/mol. The molecular weight excluding hydrogens is 166 g/mol. The fourth-order valence-electron chi connectivity index (χ4n) is 1.01. The van der Waals surface area contributed by atoms with Crippen LogP contribution >= 0.6 is 0 Å². The quantitative estimate of drug-likeness (QED) is 0.512. The Labute approximate surface area is 75.6 Å². The Bertz CT molecular complexity index is 371. The van der Waals surface area contributed by atoms with Gasteiger partial charge in [0.25, 0.3) is 0 Å². The molecule has 1 heterocycles. The smallest absolute Gasteiger partial charge is 0.207 e. The summed E-state index contributed by atoms with van der Waals surface area (Å²) in [4.78, 5) is 0. The van der Waals surface area contributed by atoms with Gasteiger partial charge in [-0.15, -0.1) is 0 Å². The fraction of sp³-hybridized carbons (Fsp3) is 0.222. The summed E-state index contributed by atoms with van der Waals surface area (Å²) < 4.78 is 4.92. The molecule has 0 saturated heterocycles. The molecular formula is C9H5N3O. The third-order valence-electron chi connectivity index (χ3n) is 1.63. The Kier molecular flexibility index (Phi) is 2.69. The summed E-state index contributed by atoms with van der Waals surface area (Å²) in [6.07, 6.45) is 2.70. The molecule has 0 aromatic rings. The van der Waals surface area contributed by atoms with Gasteiger partial charge in [0, 0.05) is 5.57 Å². The van der Waals surface area contributed by atoms with E-state index < -0.39 is 6.10 Å². The predicted octanol–water partition coefficient (Wildman–Crippen LogP) is 1.16. The molecule has 0 aliphatic carbocycles. The minimum atomic E-state index is -0.792. The van der Waals surface area contributed by atoms with E-state index in [9.17, 15) is 0 Å². The van der Waals surface area contributed by atoms with Crippen LogP contribution in [0, 0.1) is 34.0 Å². The highest BCUT2D eigenvalue weighted by Crippen LogP contribution is 2.20. The average Bonchev–Trinajstić information content (AvgIpc) is 2.20. The Morgan fingerprint density at radius 2 is 2.08 bits per heavy atom. The van der Waals surface area contributed by atoms with Gasteiger partial charge < -0.3 is 4.74 Å². The van der Waals surface area contributed by atoms with E-state index in [0.29, 0.717) is 12.0 Å². The lowest BCUT2D eigenvalue weighted by Gasteiger charge is -2.15. The molecule has 0 fully saturated rings. The van der Waals surface area contributed by atoms with Gasteiger partial charge in [-0.05, 0) is 12.5 Å². The molecule has 0 amide bonds. The summed E-state index contributed by atoms with van der Waals surface area (Å²) in [7, 11) is 0. The Morgan fingerprint density at radius 3 is 2.62 bits per heavy atom. The van der Waals surface area contributed by atoms with Gasteiger partial charge in [0.2, 0.25) is 6.10 Å². The Morgan fingerprint density at radius 1 is 1.38 bits per heavy atom. The molecule has 1 rings (SSSR count). The third-order valence-corrected chi connectivity index (χ3v) is 1.63. The fourth-order valence-corrected chi connectivity index (χ4v) is 1.01. The first kappa shape index (κ1) is 8.84. The maximum Gasteiger partial charge on any atom is 0.207 e. The molecule has 0 saturated carbocycles. The molecule has 1 atom stereocenters. The number of nitriles is 3. The average molecular weight is 171 g/mol. The van der Waals surface area contributed by atoms with Gasteiger partial charge in [0.15, 0.2) is 0 Å². The Balaban J connectivity index is 3.12. The van der Waals surface area contributed by atoms with Crippen LogP contribution in [0.4, 0.5) is 0 Å². The van der Waals surface area contributed by atoms with Crippen molar-refractivity contribution < 1.29 is 4.74 Å². The third kappa shape index (κ3) is 1.67. The molecule has 1 aliphatic heterocycles. The highest BCUT2D eigenvalue weighted by Gasteiger charge is 2.20. The van der Waals surface area contributed by atoms with E-state index in [1.54, 1.807) is 18.2 Å². The van der Waals surface area contributed by atoms with E-state index in [4.69, 9.17) is 20.5 Å². The summed E-state index contributed by atoms with van der Waals surface area (Å²) >= 11 is 0. The number of allylic oxidation sites excluding steroid dienone is 2. The molecule has 0 spiro atoms. The molecule has 0 aromatic carbocycles. The molecule has 13 heavy (non-hydrogen) atoms. The highest BCUT2D eigenvalue weighted by molar-refractivity contribution is 5.44. The zero-order valence-electron chi connectivity index (χ0n) is 6.69. The molecule has 4 nitrogen and oxygen atoms in total. The van der Waals surface area contributed by atoms with E-state index in [1.807, 2.05) is 6.07 Å². The van der Waals surface area contributed by atoms with Crippen LogP contribution in [-0.4, -0.2) is 6.10 Å². The van der Waals surface area contributed by atoms with Gasteiger partial charge in [-0.25, -0.2) is 0 Å². The van der Waals surface area contributed by atoms with Crippen LogP contribution in [0.2, 0.25) is 0 Å². The normalized spacial score (nSPS) is 19.2. The van der Waals surface area contributed by atoms with Gasteiger partial charge in [-0.2, -0.15) is 15.8 Å². The molecule has 0 N–H and O–H groups in total. The van der Waals surface area contributed by atoms with Crippen LogP contribution in [0.3, 0.4) is 0 Å². The van der Waals surface area contributed by atoms with Crippen LogP contribution in [0.15, 0.2) is 23.5 Å². The summed E-state index contributed by atoms with van der Waals surface area (Å²) in [6, 6.07) is 5.35. The van der Waals surface area contributed by atoms with Gasteiger partial charge in [-0.1, -0.05) is 0 Å². The molecule has 0 bridgehead atoms. The lowest BCUT2D eigenvalue weighted by molar-refractivity contribution is 0.211. The van der Waals surface area contributed by atoms with Crippen LogP contribution in [-0.2, 0) is 4.74 Å². The van der Waals surface area contributed by atoms with Crippen molar-refractivity contribution in [1.29, 1.82) is 15.8 Å². The monoisotopic (exact) mass is 171 g/mol. The van der Waals surface area contributed by atoms with Crippen molar-refractivity contribution in [3.8, 4) is 18.2 Å². The van der Waals surface area contributed by atoms with E-state index >= 15 is 0 Å². The highest BCUT2D eigenvalue weighted by atomic mass is 16.5. The van der Waals surface area contributed by atoms with Gasteiger partial charge in [0.1, 0.15) is 23.8 Å². The SMILES string of the molecule is N#CC(C#N)=C1CC=COC1C#N. The first-order chi connectivity index (χ1) is 6.33. The number of hydrogen-bond donors (Lipinski definition) is 0. The molecule has 0 aromatic heterocycles. The second kappa shape index (κ2) is 3.95. The van der Waals surface area contributed by atoms with Gasteiger partial charge in [0.05, 0.1) is 6.26 Å². The number of nitrogens with zero attached hydrogens (tertiary/aromatic N) is 3. The second-order valence-electron chi connectivity index (χ2n) is 2.34. The van der Waals surface area contributed by atoms with Crippen molar-refractivity contribution >= 4 is 0 Å². The first-order valence-electron chi connectivity index (χ1n) is 3.56. The summed E-state index contributed by atoms with van der Waals surface area (Å²) in [5.74, 6) is 0. The van der Waals surface area contributed by atoms with E-state index in [0.717, 1.165) is 0 Å². The van der Waals surface area contributed by atoms with Crippen molar-refractivity contribution in [2.24, 2.45) is 0 Å². The number of ether oxygens (including phenoxy) is 1. The summed E-state index contributed by atoms with van der Waals surface area (Å²) in [6.45, 7) is 0. The minimum Gasteiger partial charge on any atom is -0.479 e. The standard InChI is InChI=1S/C9H5N3O/c10-4-7(5-11)8-2-1-3-13-9(8)6-12/h1,3,9H,2H2. The summed E-state index contributed by atoms with van der Waals surface area (Å²) in [5, 5.41) is 25.8. The second-order valence-corrected chi connectivity index (χ2v) is 2.34. The number of rotatable bonds is 0. The minimum absolute atomic E-state index is 0.0316.